The monoisotopic (exact) mass is 310 g/mol. The Kier molecular flexibility index (Phi) is 3.78. The first-order chi connectivity index (χ1) is 9.29. The minimum atomic E-state index is -3.48. The van der Waals surface area contributed by atoms with Gasteiger partial charge in [0.2, 0.25) is 0 Å². The number of carbonyl (C=O) groups is 1. The molecule has 0 amide bonds. The molecule has 0 saturated heterocycles. The molecule has 0 atom stereocenters. The summed E-state index contributed by atoms with van der Waals surface area (Å²) in [7, 11) is -3.48. The van der Waals surface area contributed by atoms with Crippen molar-refractivity contribution in [3.05, 3.63) is 52.7 Å². The van der Waals surface area contributed by atoms with Gasteiger partial charge in [-0.05, 0) is 30.3 Å². The zero-order valence-electron chi connectivity index (χ0n) is 10.5. The zero-order valence-corrected chi connectivity index (χ0v) is 12.1. The standard InChI is InChI=1S/C13H11ClN2O3S/c1-20(18,19)12-6-8(4-5-16-12)13(17)10-7-9(14)2-3-11(10)15/h2-7H,15H2,1H3. The van der Waals surface area contributed by atoms with Crippen LogP contribution >= 0.6 is 11.6 Å². The number of ketones is 1. The topological polar surface area (TPSA) is 90.1 Å². The molecule has 5 nitrogen and oxygen atoms in total. The highest BCUT2D eigenvalue weighted by Gasteiger charge is 2.16. The fourth-order valence-electron chi connectivity index (χ4n) is 1.63. The fourth-order valence-corrected chi connectivity index (χ4v) is 2.40. The van der Waals surface area contributed by atoms with Gasteiger partial charge in [-0.1, -0.05) is 11.6 Å². The quantitative estimate of drug-likeness (QED) is 0.691. The van der Waals surface area contributed by atoms with E-state index >= 15 is 0 Å². The largest absolute Gasteiger partial charge is 0.398 e. The normalized spacial score (nSPS) is 11.3. The maximum atomic E-state index is 12.3. The average Bonchev–Trinajstić information content (AvgIpc) is 2.40. The fraction of sp³-hybridized carbons (Fsp3) is 0.0769. The highest BCUT2D eigenvalue weighted by molar-refractivity contribution is 7.90. The number of anilines is 1. The molecule has 0 aliphatic heterocycles. The Balaban J connectivity index is 2.52. The second-order valence-corrected chi connectivity index (χ2v) is 6.61. The Morgan fingerprint density at radius 2 is 1.95 bits per heavy atom. The van der Waals surface area contributed by atoms with E-state index < -0.39 is 15.6 Å². The van der Waals surface area contributed by atoms with Gasteiger partial charge in [0.1, 0.15) is 0 Å². The van der Waals surface area contributed by atoms with Crippen LogP contribution in [0.1, 0.15) is 15.9 Å². The van der Waals surface area contributed by atoms with E-state index in [-0.39, 0.29) is 21.8 Å². The van der Waals surface area contributed by atoms with E-state index in [1.165, 1.54) is 30.5 Å². The number of nitrogens with zero attached hydrogens (tertiary/aromatic N) is 1. The van der Waals surface area contributed by atoms with E-state index in [0.717, 1.165) is 6.26 Å². The minimum Gasteiger partial charge on any atom is -0.398 e. The van der Waals surface area contributed by atoms with Crippen LogP contribution in [0.15, 0.2) is 41.6 Å². The molecule has 2 aromatic rings. The zero-order chi connectivity index (χ0) is 14.9. The number of nitrogen functional groups attached to an aromatic ring is 1. The first-order valence-electron chi connectivity index (χ1n) is 5.55. The van der Waals surface area contributed by atoms with Gasteiger partial charge >= 0.3 is 0 Å². The second kappa shape index (κ2) is 5.22. The number of hydrogen-bond donors (Lipinski definition) is 1. The molecule has 0 bridgehead atoms. The van der Waals surface area contributed by atoms with Crippen molar-refractivity contribution in [3.8, 4) is 0 Å². The van der Waals surface area contributed by atoms with Crippen LogP contribution in [-0.2, 0) is 9.84 Å². The van der Waals surface area contributed by atoms with Crippen molar-refractivity contribution >= 4 is 32.9 Å². The van der Waals surface area contributed by atoms with Crippen LogP contribution in [0.25, 0.3) is 0 Å². The van der Waals surface area contributed by atoms with Gasteiger partial charge in [0.25, 0.3) is 0 Å². The molecule has 20 heavy (non-hydrogen) atoms. The molecule has 0 spiro atoms. The van der Waals surface area contributed by atoms with Crippen LogP contribution in [0.2, 0.25) is 5.02 Å². The molecule has 1 aromatic heterocycles. The number of halogens is 1. The van der Waals surface area contributed by atoms with Crippen molar-refractivity contribution in [2.75, 3.05) is 12.0 Å². The number of rotatable bonds is 3. The van der Waals surface area contributed by atoms with Crippen LogP contribution in [0.4, 0.5) is 5.69 Å². The van der Waals surface area contributed by atoms with E-state index in [2.05, 4.69) is 4.98 Å². The molecule has 1 heterocycles. The molecule has 0 radical (unpaired) electrons. The van der Waals surface area contributed by atoms with E-state index in [1.54, 1.807) is 6.07 Å². The summed E-state index contributed by atoms with van der Waals surface area (Å²) in [5, 5.41) is 0.212. The number of hydrogen-bond acceptors (Lipinski definition) is 5. The van der Waals surface area contributed by atoms with E-state index in [9.17, 15) is 13.2 Å². The van der Waals surface area contributed by atoms with Gasteiger partial charge in [0, 0.05) is 34.3 Å². The summed E-state index contributed by atoms with van der Waals surface area (Å²) in [5.74, 6) is -0.405. The Bertz CT molecular complexity index is 788. The molecule has 0 saturated carbocycles. The van der Waals surface area contributed by atoms with E-state index in [4.69, 9.17) is 17.3 Å². The Morgan fingerprint density at radius 1 is 1.25 bits per heavy atom. The summed E-state index contributed by atoms with van der Waals surface area (Å²) in [5.41, 5.74) is 6.43. The predicted molar refractivity (Wildman–Crippen MR) is 76.6 cm³/mol. The molecule has 7 heteroatoms. The van der Waals surface area contributed by atoms with Crippen molar-refractivity contribution in [3.63, 3.8) is 0 Å². The number of sulfone groups is 1. The smallest absolute Gasteiger partial charge is 0.195 e. The van der Waals surface area contributed by atoms with Gasteiger partial charge in [-0.25, -0.2) is 13.4 Å². The lowest BCUT2D eigenvalue weighted by Crippen LogP contribution is -2.08. The molecule has 0 aliphatic rings. The van der Waals surface area contributed by atoms with Crippen molar-refractivity contribution in [2.24, 2.45) is 0 Å². The number of aromatic nitrogens is 1. The maximum Gasteiger partial charge on any atom is 0.195 e. The first-order valence-corrected chi connectivity index (χ1v) is 7.82. The summed E-state index contributed by atoms with van der Waals surface area (Å²) in [6.45, 7) is 0. The van der Waals surface area contributed by atoms with Gasteiger partial charge in [-0.2, -0.15) is 0 Å². The number of carbonyl (C=O) groups excluding carboxylic acids is 1. The Hall–Kier alpha value is -1.92. The predicted octanol–water partition coefficient (Wildman–Crippen LogP) is 1.95. The van der Waals surface area contributed by atoms with Gasteiger partial charge in [0.15, 0.2) is 20.6 Å². The Labute approximate surface area is 121 Å². The highest BCUT2D eigenvalue weighted by Crippen LogP contribution is 2.21. The minimum absolute atomic E-state index is 0.163. The molecule has 2 N–H and O–H groups in total. The summed E-state index contributed by atoms with van der Waals surface area (Å²) >= 11 is 5.84. The third-order valence-corrected chi connectivity index (χ3v) is 3.86. The molecule has 0 unspecified atom stereocenters. The van der Waals surface area contributed by atoms with Crippen LogP contribution in [0, 0.1) is 0 Å². The van der Waals surface area contributed by atoms with Crippen LogP contribution < -0.4 is 5.73 Å². The lowest BCUT2D eigenvalue weighted by Gasteiger charge is -2.06. The summed E-state index contributed by atoms with van der Waals surface area (Å²) in [6.07, 6.45) is 2.29. The summed E-state index contributed by atoms with van der Waals surface area (Å²) in [4.78, 5) is 16.1. The van der Waals surface area contributed by atoms with Crippen molar-refractivity contribution in [1.29, 1.82) is 0 Å². The number of benzene rings is 1. The molecular weight excluding hydrogens is 300 g/mol. The van der Waals surface area contributed by atoms with Crippen LogP contribution in [-0.4, -0.2) is 25.4 Å². The first kappa shape index (κ1) is 14.5. The van der Waals surface area contributed by atoms with Gasteiger partial charge in [0.05, 0.1) is 0 Å². The molecular formula is C13H11ClN2O3S. The molecule has 0 aliphatic carbocycles. The average molecular weight is 311 g/mol. The second-order valence-electron chi connectivity index (χ2n) is 4.22. The SMILES string of the molecule is CS(=O)(=O)c1cc(C(=O)c2cc(Cl)ccc2N)ccn1. The lowest BCUT2D eigenvalue weighted by atomic mass is 10.0. The molecule has 104 valence electrons. The third-order valence-electron chi connectivity index (χ3n) is 2.64. The molecule has 1 aromatic carbocycles. The highest BCUT2D eigenvalue weighted by atomic mass is 35.5. The molecule has 2 rings (SSSR count). The van der Waals surface area contributed by atoms with Crippen molar-refractivity contribution in [2.45, 2.75) is 5.03 Å². The summed E-state index contributed by atoms with van der Waals surface area (Å²) < 4.78 is 22.9. The number of nitrogens with two attached hydrogens (primary N) is 1. The number of pyridine rings is 1. The maximum absolute atomic E-state index is 12.3. The third kappa shape index (κ3) is 2.97. The van der Waals surface area contributed by atoms with Gasteiger partial charge < -0.3 is 5.73 Å². The van der Waals surface area contributed by atoms with Crippen molar-refractivity contribution < 1.29 is 13.2 Å². The lowest BCUT2D eigenvalue weighted by molar-refractivity contribution is 0.103. The molecule has 0 fully saturated rings. The van der Waals surface area contributed by atoms with Gasteiger partial charge in [-0.3, -0.25) is 4.79 Å². The Morgan fingerprint density at radius 3 is 2.60 bits per heavy atom. The van der Waals surface area contributed by atoms with Crippen LogP contribution in [0.3, 0.4) is 0 Å². The van der Waals surface area contributed by atoms with Crippen molar-refractivity contribution in [1.82, 2.24) is 4.98 Å². The van der Waals surface area contributed by atoms with E-state index in [0.29, 0.717) is 5.02 Å². The summed E-state index contributed by atoms with van der Waals surface area (Å²) in [6, 6.07) is 7.19. The van der Waals surface area contributed by atoms with Crippen LogP contribution in [0.5, 0.6) is 0 Å². The van der Waals surface area contributed by atoms with Gasteiger partial charge in [-0.15, -0.1) is 0 Å². The van der Waals surface area contributed by atoms with E-state index in [1.807, 2.05) is 0 Å².